The van der Waals surface area contributed by atoms with E-state index in [1.807, 2.05) is 13.8 Å². The number of nitrogens with one attached hydrogen (secondary N) is 1. The summed E-state index contributed by atoms with van der Waals surface area (Å²) in [6.45, 7) is 3.53. The van der Waals surface area contributed by atoms with Crippen LogP contribution in [0.1, 0.15) is 13.8 Å². The van der Waals surface area contributed by atoms with Crippen LogP contribution in [0.15, 0.2) is 18.2 Å². The lowest BCUT2D eigenvalue weighted by Gasteiger charge is -2.17. The van der Waals surface area contributed by atoms with Crippen molar-refractivity contribution in [2.24, 2.45) is 5.73 Å². The Balaban J connectivity index is 2.54. The molecule has 0 saturated carbocycles. The van der Waals surface area contributed by atoms with E-state index in [-0.39, 0.29) is 11.9 Å². The highest BCUT2D eigenvalue weighted by Gasteiger charge is 2.20. The predicted molar refractivity (Wildman–Crippen MR) is 85.8 cm³/mol. The SMILES string of the molecule is CC(C)SC(NC(=O)COc1ccc(Cl)cc1Cl)C(N)=O. The minimum Gasteiger partial charge on any atom is -0.482 e. The van der Waals surface area contributed by atoms with Crippen molar-refractivity contribution in [3.8, 4) is 5.75 Å². The van der Waals surface area contributed by atoms with Crippen LogP contribution in [0.4, 0.5) is 0 Å². The number of benzene rings is 1. The van der Waals surface area contributed by atoms with Gasteiger partial charge in [0.25, 0.3) is 11.8 Å². The molecule has 3 N–H and O–H groups in total. The molecular formula is C13H16Cl2N2O3S. The molecule has 1 aromatic carbocycles. The molecule has 5 nitrogen and oxygen atoms in total. The minimum atomic E-state index is -0.790. The molecule has 1 rings (SSSR count). The largest absolute Gasteiger partial charge is 0.482 e. The molecule has 0 aromatic heterocycles. The van der Waals surface area contributed by atoms with Crippen molar-refractivity contribution in [2.75, 3.05) is 6.61 Å². The highest BCUT2D eigenvalue weighted by Crippen LogP contribution is 2.27. The van der Waals surface area contributed by atoms with Crippen LogP contribution in [-0.2, 0) is 9.59 Å². The van der Waals surface area contributed by atoms with Gasteiger partial charge in [-0.2, -0.15) is 0 Å². The molecule has 2 amide bonds. The molecule has 0 fully saturated rings. The number of nitrogens with two attached hydrogens (primary N) is 1. The van der Waals surface area contributed by atoms with Crippen molar-refractivity contribution in [3.63, 3.8) is 0 Å². The van der Waals surface area contributed by atoms with Crippen LogP contribution in [0.2, 0.25) is 10.0 Å². The quantitative estimate of drug-likeness (QED) is 0.740. The van der Waals surface area contributed by atoms with Crippen molar-refractivity contribution < 1.29 is 14.3 Å². The summed E-state index contributed by atoms with van der Waals surface area (Å²) < 4.78 is 5.28. The van der Waals surface area contributed by atoms with Crippen LogP contribution in [0.3, 0.4) is 0 Å². The van der Waals surface area contributed by atoms with E-state index in [9.17, 15) is 9.59 Å². The Morgan fingerprint density at radius 1 is 1.38 bits per heavy atom. The Kier molecular flexibility index (Phi) is 7.14. The predicted octanol–water partition coefficient (Wildman–Crippen LogP) is 2.44. The standard InChI is InChI=1S/C13H16Cl2N2O3S/c1-7(2)21-13(12(16)19)17-11(18)6-20-10-4-3-8(14)5-9(10)15/h3-5,7,13H,6H2,1-2H3,(H2,16,19)(H,17,18). The molecule has 0 spiro atoms. The summed E-state index contributed by atoms with van der Waals surface area (Å²) in [5.41, 5.74) is 5.23. The molecule has 8 heteroatoms. The Bertz CT molecular complexity index is 526. The molecule has 1 atom stereocenters. The summed E-state index contributed by atoms with van der Waals surface area (Å²) in [6.07, 6.45) is 0. The fraction of sp³-hybridized carbons (Fsp3) is 0.385. The zero-order chi connectivity index (χ0) is 16.0. The second-order valence-electron chi connectivity index (χ2n) is 4.40. The summed E-state index contributed by atoms with van der Waals surface area (Å²) in [6, 6.07) is 4.67. The van der Waals surface area contributed by atoms with Gasteiger partial charge in [-0.1, -0.05) is 37.0 Å². The molecule has 0 bridgehead atoms. The van der Waals surface area contributed by atoms with Gasteiger partial charge in [0.2, 0.25) is 0 Å². The molecular weight excluding hydrogens is 335 g/mol. The van der Waals surface area contributed by atoms with E-state index in [0.717, 1.165) is 0 Å². The molecule has 1 aromatic rings. The molecule has 0 saturated heterocycles. The minimum absolute atomic E-state index is 0.148. The van der Waals surface area contributed by atoms with E-state index >= 15 is 0 Å². The van der Waals surface area contributed by atoms with E-state index in [0.29, 0.717) is 15.8 Å². The zero-order valence-electron chi connectivity index (χ0n) is 11.6. The Labute approximate surface area is 137 Å². The maximum absolute atomic E-state index is 11.8. The molecule has 1 unspecified atom stereocenters. The van der Waals surface area contributed by atoms with E-state index in [1.165, 1.54) is 17.8 Å². The van der Waals surface area contributed by atoms with E-state index in [4.69, 9.17) is 33.7 Å². The fourth-order valence-electron chi connectivity index (χ4n) is 1.37. The van der Waals surface area contributed by atoms with Crippen molar-refractivity contribution >= 4 is 46.8 Å². The molecule has 116 valence electrons. The second kappa shape index (κ2) is 8.36. The van der Waals surface area contributed by atoms with Crippen molar-refractivity contribution in [1.82, 2.24) is 5.32 Å². The monoisotopic (exact) mass is 350 g/mol. The number of hydrogen-bond donors (Lipinski definition) is 2. The average Bonchev–Trinajstić information content (AvgIpc) is 2.36. The Hall–Kier alpha value is -1.11. The van der Waals surface area contributed by atoms with Gasteiger partial charge in [0.05, 0.1) is 5.02 Å². The smallest absolute Gasteiger partial charge is 0.259 e. The first-order chi connectivity index (χ1) is 9.79. The van der Waals surface area contributed by atoms with Crippen LogP contribution in [-0.4, -0.2) is 29.0 Å². The molecule has 0 aliphatic rings. The van der Waals surface area contributed by atoms with Gasteiger partial charge in [-0.25, -0.2) is 0 Å². The zero-order valence-corrected chi connectivity index (χ0v) is 13.9. The van der Waals surface area contributed by atoms with Crippen LogP contribution >= 0.6 is 35.0 Å². The van der Waals surface area contributed by atoms with Gasteiger partial charge in [-0.15, -0.1) is 11.8 Å². The summed E-state index contributed by atoms with van der Waals surface area (Å²) in [5.74, 6) is -0.729. The van der Waals surface area contributed by atoms with Crippen LogP contribution in [0, 0.1) is 0 Å². The summed E-state index contributed by atoms with van der Waals surface area (Å²) in [7, 11) is 0. The van der Waals surface area contributed by atoms with Crippen molar-refractivity contribution in [2.45, 2.75) is 24.5 Å². The lowest BCUT2D eigenvalue weighted by atomic mass is 10.3. The van der Waals surface area contributed by atoms with Crippen molar-refractivity contribution in [1.29, 1.82) is 0 Å². The number of rotatable bonds is 7. The first kappa shape index (κ1) is 17.9. The lowest BCUT2D eigenvalue weighted by molar-refractivity contribution is -0.126. The topological polar surface area (TPSA) is 81.4 Å². The normalized spacial score (nSPS) is 12.0. The number of thioether (sulfide) groups is 1. The molecule has 0 aliphatic heterocycles. The van der Waals surface area contributed by atoms with Gasteiger partial charge in [0.15, 0.2) is 12.0 Å². The highest BCUT2D eigenvalue weighted by atomic mass is 35.5. The summed E-state index contributed by atoms with van der Waals surface area (Å²) in [4.78, 5) is 23.0. The summed E-state index contributed by atoms with van der Waals surface area (Å²) in [5, 5.41) is 2.64. The first-order valence-corrected chi connectivity index (χ1v) is 7.81. The maximum Gasteiger partial charge on any atom is 0.259 e. The number of amides is 2. The third-order valence-corrected chi connectivity index (χ3v) is 3.91. The van der Waals surface area contributed by atoms with E-state index in [1.54, 1.807) is 12.1 Å². The van der Waals surface area contributed by atoms with Gasteiger partial charge < -0.3 is 15.8 Å². The van der Waals surface area contributed by atoms with Gasteiger partial charge >= 0.3 is 0 Å². The van der Waals surface area contributed by atoms with Crippen LogP contribution in [0.5, 0.6) is 5.75 Å². The first-order valence-electron chi connectivity index (χ1n) is 6.11. The summed E-state index contributed by atoms with van der Waals surface area (Å²) >= 11 is 12.9. The van der Waals surface area contributed by atoms with Gasteiger partial charge in [-0.3, -0.25) is 9.59 Å². The Morgan fingerprint density at radius 2 is 2.05 bits per heavy atom. The van der Waals surface area contributed by atoms with Gasteiger partial charge in [0, 0.05) is 10.3 Å². The van der Waals surface area contributed by atoms with Crippen molar-refractivity contribution in [3.05, 3.63) is 28.2 Å². The third kappa shape index (κ3) is 6.46. The number of hydrogen-bond acceptors (Lipinski definition) is 4. The second-order valence-corrected chi connectivity index (χ2v) is 6.93. The number of halogens is 2. The highest BCUT2D eigenvalue weighted by molar-refractivity contribution is 8.01. The molecule has 0 heterocycles. The van der Waals surface area contributed by atoms with Gasteiger partial charge in [0.1, 0.15) is 5.75 Å². The van der Waals surface area contributed by atoms with Crippen LogP contribution in [0.25, 0.3) is 0 Å². The Morgan fingerprint density at radius 3 is 2.57 bits per heavy atom. The number of carbonyl (C=O) groups is 2. The van der Waals surface area contributed by atoms with E-state index < -0.39 is 17.2 Å². The number of carbonyl (C=O) groups excluding carboxylic acids is 2. The van der Waals surface area contributed by atoms with Crippen LogP contribution < -0.4 is 15.8 Å². The number of primary amides is 1. The fourth-order valence-corrected chi connectivity index (χ4v) is 2.71. The molecule has 0 aliphatic carbocycles. The molecule has 0 radical (unpaired) electrons. The number of ether oxygens (including phenoxy) is 1. The molecule has 21 heavy (non-hydrogen) atoms. The van der Waals surface area contributed by atoms with Gasteiger partial charge in [-0.05, 0) is 18.2 Å². The average molecular weight is 351 g/mol. The van der Waals surface area contributed by atoms with E-state index in [2.05, 4.69) is 5.32 Å². The third-order valence-electron chi connectivity index (χ3n) is 2.21. The lowest BCUT2D eigenvalue weighted by Crippen LogP contribution is -2.44. The maximum atomic E-state index is 11.8.